The van der Waals surface area contributed by atoms with Crippen LogP contribution in [0.15, 0.2) is 12.4 Å². The van der Waals surface area contributed by atoms with E-state index in [4.69, 9.17) is 5.73 Å². The summed E-state index contributed by atoms with van der Waals surface area (Å²) in [5, 5.41) is 0. The van der Waals surface area contributed by atoms with Gasteiger partial charge in [-0.25, -0.2) is 4.98 Å². The Balaban J connectivity index is 1.99. The van der Waals surface area contributed by atoms with Crippen molar-refractivity contribution >= 4 is 11.6 Å². The van der Waals surface area contributed by atoms with Gasteiger partial charge in [0.25, 0.3) is 0 Å². The Hall–Kier alpha value is -1.32. The molecule has 1 unspecified atom stereocenters. The van der Waals surface area contributed by atoms with Crippen LogP contribution in [0.25, 0.3) is 0 Å². The molecule has 94 valence electrons. The van der Waals surface area contributed by atoms with Crippen LogP contribution in [0.4, 0.5) is 11.6 Å². The third kappa shape index (κ3) is 3.32. The van der Waals surface area contributed by atoms with Crippen molar-refractivity contribution in [2.24, 2.45) is 5.92 Å². The highest BCUT2D eigenvalue weighted by Gasteiger charge is 2.17. The summed E-state index contributed by atoms with van der Waals surface area (Å²) in [5.41, 5.74) is 5.68. The fourth-order valence-corrected chi connectivity index (χ4v) is 2.61. The second-order valence-corrected chi connectivity index (χ2v) is 4.87. The second-order valence-electron chi connectivity index (χ2n) is 4.87. The molecule has 0 aliphatic carbocycles. The van der Waals surface area contributed by atoms with Crippen molar-refractivity contribution in [2.45, 2.75) is 39.0 Å². The quantitative estimate of drug-likeness (QED) is 0.873. The Labute approximate surface area is 103 Å². The molecule has 0 spiro atoms. The number of hydrogen-bond acceptors (Lipinski definition) is 4. The van der Waals surface area contributed by atoms with E-state index in [2.05, 4.69) is 21.8 Å². The number of rotatable bonds is 3. The number of anilines is 2. The van der Waals surface area contributed by atoms with Crippen LogP contribution in [0.3, 0.4) is 0 Å². The maximum Gasteiger partial charge on any atom is 0.149 e. The minimum atomic E-state index is 0.511. The van der Waals surface area contributed by atoms with Crippen LogP contribution in [0, 0.1) is 5.92 Å². The Bertz CT molecular complexity index is 353. The minimum Gasteiger partial charge on any atom is -0.382 e. The molecular weight excluding hydrogens is 212 g/mol. The molecule has 1 fully saturated rings. The zero-order chi connectivity index (χ0) is 12.1. The summed E-state index contributed by atoms with van der Waals surface area (Å²) in [7, 11) is 0. The molecular formula is C13H22N4. The van der Waals surface area contributed by atoms with Crippen LogP contribution in [0.1, 0.15) is 39.0 Å². The minimum absolute atomic E-state index is 0.511. The number of aromatic nitrogens is 2. The van der Waals surface area contributed by atoms with Gasteiger partial charge in [0.05, 0.1) is 12.4 Å². The lowest BCUT2D eigenvalue weighted by molar-refractivity contribution is 0.435. The van der Waals surface area contributed by atoms with Crippen molar-refractivity contribution in [3.8, 4) is 0 Å². The van der Waals surface area contributed by atoms with Gasteiger partial charge in [-0.2, -0.15) is 0 Å². The number of nitrogen functional groups attached to an aromatic ring is 1. The van der Waals surface area contributed by atoms with Gasteiger partial charge in [0.15, 0.2) is 0 Å². The molecule has 1 aliphatic heterocycles. The van der Waals surface area contributed by atoms with Gasteiger partial charge < -0.3 is 10.6 Å². The zero-order valence-corrected chi connectivity index (χ0v) is 10.6. The van der Waals surface area contributed by atoms with Crippen LogP contribution in [-0.2, 0) is 0 Å². The second kappa shape index (κ2) is 5.84. The molecule has 4 heteroatoms. The molecule has 0 saturated carbocycles. The molecule has 17 heavy (non-hydrogen) atoms. The summed E-state index contributed by atoms with van der Waals surface area (Å²) in [6.45, 7) is 4.44. The highest BCUT2D eigenvalue weighted by molar-refractivity contribution is 5.41. The Kier molecular flexibility index (Phi) is 4.18. The largest absolute Gasteiger partial charge is 0.382 e. The molecule has 1 aliphatic rings. The lowest BCUT2D eigenvalue weighted by atomic mass is 9.96. The van der Waals surface area contributed by atoms with Gasteiger partial charge in [-0.05, 0) is 25.2 Å². The summed E-state index contributed by atoms with van der Waals surface area (Å²) in [6.07, 6.45) is 9.93. The number of nitrogens with two attached hydrogens (primary N) is 1. The normalized spacial score (nSPS) is 21.2. The fourth-order valence-electron chi connectivity index (χ4n) is 2.61. The van der Waals surface area contributed by atoms with Crippen molar-refractivity contribution < 1.29 is 0 Å². The third-order valence-corrected chi connectivity index (χ3v) is 3.51. The lowest BCUT2D eigenvalue weighted by Gasteiger charge is -2.21. The maximum absolute atomic E-state index is 5.68. The molecule has 1 atom stereocenters. The molecule has 0 radical (unpaired) electrons. The monoisotopic (exact) mass is 234 g/mol. The lowest BCUT2D eigenvalue weighted by Crippen LogP contribution is -2.25. The van der Waals surface area contributed by atoms with E-state index in [0.29, 0.717) is 5.82 Å². The Morgan fingerprint density at radius 1 is 1.35 bits per heavy atom. The molecule has 0 bridgehead atoms. The number of hydrogen-bond donors (Lipinski definition) is 1. The smallest absolute Gasteiger partial charge is 0.149 e. The van der Waals surface area contributed by atoms with Gasteiger partial charge in [0.1, 0.15) is 11.6 Å². The van der Waals surface area contributed by atoms with Gasteiger partial charge in [-0.15, -0.1) is 0 Å². The first-order valence-corrected chi connectivity index (χ1v) is 6.62. The summed E-state index contributed by atoms with van der Waals surface area (Å²) >= 11 is 0. The fraction of sp³-hybridized carbons (Fsp3) is 0.692. The molecule has 2 heterocycles. The van der Waals surface area contributed by atoms with Crippen LogP contribution >= 0.6 is 0 Å². The van der Waals surface area contributed by atoms with Crippen molar-refractivity contribution in [2.75, 3.05) is 23.7 Å². The summed E-state index contributed by atoms with van der Waals surface area (Å²) in [5.74, 6) is 2.33. The molecule has 0 amide bonds. The average molecular weight is 234 g/mol. The molecule has 4 nitrogen and oxygen atoms in total. The van der Waals surface area contributed by atoms with Crippen molar-refractivity contribution in [3.05, 3.63) is 12.4 Å². The predicted molar refractivity (Wildman–Crippen MR) is 70.9 cm³/mol. The predicted octanol–water partition coefficient (Wildman–Crippen LogP) is 2.47. The Morgan fingerprint density at radius 3 is 3.00 bits per heavy atom. The van der Waals surface area contributed by atoms with E-state index in [0.717, 1.165) is 24.8 Å². The zero-order valence-electron chi connectivity index (χ0n) is 10.6. The van der Waals surface area contributed by atoms with Crippen LogP contribution in [0.5, 0.6) is 0 Å². The van der Waals surface area contributed by atoms with E-state index < -0.39 is 0 Å². The summed E-state index contributed by atoms with van der Waals surface area (Å²) in [6, 6.07) is 0. The maximum atomic E-state index is 5.68. The highest BCUT2D eigenvalue weighted by atomic mass is 15.2. The standard InChI is InChI=1S/C13H22N4/c1-2-4-11-5-3-7-17(8-6-11)13-10-15-9-12(14)16-13/h9-11H,2-8H2,1H3,(H2,14,16). The number of nitrogens with zero attached hydrogens (tertiary/aromatic N) is 3. The van der Waals surface area contributed by atoms with E-state index in [1.165, 1.54) is 32.1 Å². The topological polar surface area (TPSA) is 55.0 Å². The van der Waals surface area contributed by atoms with Crippen LogP contribution in [-0.4, -0.2) is 23.1 Å². The molecule has 2 N–H and O–H groups in total. The van der Waals surface area contributed by atoms with Gasteiger partial charge in [-0.3, -0.25) is 4.98 Å². The Morgan fingerprint density at radius 2 is 2.24 bits per heavy atom. The molecule has 1 saturated heterocycles. The summed E-state index contributed by atoms with van der Waals surface area (Å²) < 4.78 is 0. The van der Waals surface area contributed by atoms with Gasteiger partial charge in [0, 0.05) is 13.1 Å². The first-order valence-electron chi connectivity index (χ1n) is 6.62. The SMILES string of the molecule is CCCC1CCCN(c2cncc(N)n2)CC1. The van der Waals surface area contributed by atoms with Gasteiger partial charge in [-0.1, -0.05) is 19.8 Å². The molecule has 0 aromatic carbocycles. The summed E-state index contributed by atoms with van der Waals surface area (Å²) in [4.78, 5) is 10.8. The van der Waals surface area contributed by atoms with E-state index in [1.54, 1.807) is 6.20 Å². The van der Waals surface area contributed by atoms with Crippen molar-refractivity contribution in [3.63, 3.8) is 0 Å². The van der Waals surface area contributed by atoms with Crippen LogP contribution < -0.4 is 10.6 Å². The van der Waals surface area contributed by atoms with E-state index in [9.17, 15) is 0 Å². The average Bonchev–Trinajstić information content (AvgIpc) is 2.55. The van der Waals surface area contributed by atoms with Crippen molar-refractivity contribution in [1.29, 1.82) is 0 Å². The van der Waals surface area contributed by atoms with E-state index >= 15 is 0 Å². The van der Waals surface area contributed by atoms with E-state index in [-0.39, 0.29) is 0 Å². The molecule has 1 aromatic rings. The van der Waals surface area contributed by atoms with Gasteiger partial charge in [0.2, 0.25) is 0 Å². The first-order chi connectivity index (χ1) is 8.29. The molecule has 1 aromatic heterocycles. The third-order valence-electron chi connectivity index (χ3n) is 3.51. The highest BCUT2D eigenvalue weighted by Crippen LogP contribution is 2.24. The molecule has 2 rings (SSSR count). The van der Waals surface area contributed by atoms with E-state index in [1.807, 2.05) is 6.20 Å². The van der Waals surface area contributed by atoms with Crippen LogP contribution in [0.2, 0.25) is 0 Å². The van der Waals surface area contributed by atoms with Crippen molar-refractivity contribution in [1.82, 2.24) is 9.97 Å². The van der Waals surface area contributed by atoms with Gasteiger partial charge >= 0.3 is 0 Å². The first kappa shape index (κ1) is 12.1.